The lowest BCUT2D eigenvalue weighted by molar-refractivity contribution is -0.147. The highest BCUT2D eigenvalue weighted by atomic mass is 16.6. The van der Waals surface area contributed by atoms with Gasteiger partial charge in [0.05, 0.1) is 13.7 Å². The van der Waals surface area contributed by atoms with Crippen LogP contribution in [-0.4, -0.2) is 25.3 Å². The Bertz CT molecular complexity index is 332. The lowest BCUT2D eigenvalue weighted by atomic mass is 10.0. The topological polar surface area (TPSA) is 38.8 Å². The Balaban J connectivity index is 1.83. The quantitative estimate of drug-likeness (QED) is 0.171. The summed E-state index contributed by atoms with van der Waals surface area (Å²) in [6.07, 6.45) is 20.9. The number of unbranched alkanes of at least 4 members (excludes halogenated alkanes) is 10. The minimum absolute atomic E-state index is 0.199. The summed E-state index contributed by atoms with van der Waals surface area (Å²) in [5.74, 6) is -0.199. The van der Waals surface area contributed by atoms with E-state index in [1.54, 1.807) is 0 Å². The van der Waals surface area contributed by atoms with Gasteiger partial charge in [-0.15, -0.1) is 0 Å². The van der Waals surface area contributed by atoms with Crippen LogP contribution in [0.25, 0.3) is 0 Å². The molecule has 0 N–H and O–H groups in total. The van der Waals surface area contributed by atoms with E-state index in [4.69, 9.17) is 9.47 Å². The van der Waals surface area contributed by atoms with Gasteiger partial charge in [0.25, 0.3) is 0 Å². The summed E-state index contributed by atoms with van der Waals surface area (Å²) in [5.41, 5.74) is -0.578. The van der Waals surface area contributed by atoms with Crippen molar-refractivity contribution < 1.29 is 14.3 Å². The van der Waals surface area contributed by atoms with Crippen molar-refractivity contribution in [2.45, 2.75) is 96.0 Å². The molecule has 0 aromatic carbocycles. The Morgan fingerprint density at radius 2 is 1.48 bits per heavy atom. The van der Waals surface area contributed by atoms with Crippen LogP contribution in [-0.2, 0) is 14.3 Å². The molecule has 1 saturated heterocycles. The highest BCUT2D eigenvalue weighted by molar-refractivity contribution is 5.82. The zero-order valence-electron chi connectivity index (χ0n) is 15.3. The summed E-state index contributed by atoms with van der Waals surface area (Å²) in [4.78, 5) is 11.5. The van der Waals surface area contributed by atoms with Crippen molar-refractivity contribution >= 4 is 5.97 Å². The van der Waals surface area contributed by atoms with Gasteiger partial charge >= 0.3 is 5.97 Å². The van der Waals surface area contributed by atoms with Crippen molar-refractivity contribution in [3.8, 4) is 0 Å². The highest BCUT2D eigenvalue weighted by Crippen LogP contribution is 2.34. The third kappa shape index (κ3) is 9.14. The second-order valence-corrected chi connectivity index (χ2v) is 6.76. The Hall–Kier alpha value is -0.830. The summed E-state index contributed by atoms with van der Waals surface area (Å²) >= 11 is 0. The molecule has 1 rings (SSSR count). The molecule has 1 atom stereocenters. The SMILES string of the molecule is CCCCCCCCC=CCCCCCCC1(C(=O)OC)CO1. The van der Waals surface area contributed by atoms with Crippen molar-refractivity contribution in [1.29, 1.82) is 0 Å². The minimum atomic E-state index is -0.578. The number of allylic oxidation sites excluding steroid dienone is 2. The fourth-order valence-electron chi connectivity index (χ4n) is 2.94. The molecule has 0 aromatic heterocycles. The molecule has 0 spiro atoms. The standard InChI is InChI=1S/C20H36O3/c1-3-4-5-6-7-8-9-10-11-12-13-14-15-16-17-20(18-23-20)19(21)22-2/h10-11H,3-9,12-18H2,1-2H3. The van der Waals surface area contributed by atoms with Gasteiger partial charge < -0.3 is 9.47 Å². The average Bonchev–Trinajstić information content (AvgIpc) is 3.35. The van der Waals surface area contributed by atoms with Crippen LogP contribution in [0.4, 0.5) is 0 Å². The first-order valence-corrected chi connectivity index (χ1v) is 9.62. The molecule has 23 heavy (non-hydrogen) atoms. The fraction of sp³-hybridized carbons (Fsp3) is 0.850. The van der Waals surface area contributed by atoms with Crippen molar-refractivity contribution in [2.75, 3.05) is 13.7 Å². The van der Waals surface area contributed by atoms with Gasteiger partial charge in [-0.2, -0.15) is 0 Å². The summed E-state index contributed by atoms with van der Waals surface area (Å²) in [5, 5.41) is 0. The molecule has 0 aliphatic carbocycles. The van der Waals surface area contributed by atoms with Crippen LogP contribution < -0.4 is 0 Å². The highest BCUT2D eigenvalue weighted by Gasteiger charge is 2.52. The van der Waals surface area contributed by atoms with E-state index in [9.17, 15) is 4.79 Å². The summed E-state index contributed by atoms with van der Waals surface area (Å²) in [6.45, 7) is 2.81. The molecule has 1 aliphatic rings. The molecule has 1 fully saturated rings. The Morgan fingerprint density at radius 1 is 0.957 bits per heavy atom. The summed E-state index contributed by atoms with van der Waals surface area (Å²) < 4.78 is 10.1. The van der Waals surface area contributed by atoms with E-state index in [1.807, 2.05) is 0 Å². The lowest BCUT2D eigenvalue weighted by Crippen LogP contribution is -2.25. The number of esters is 1. The van der Waals surface area contributed by atoms with Gasteiger partial charge in [0.2, 0.25) is 0 Å². The van der Waals surface area contributed by atoms with Gasteiger partial charge in [0.15, 0.2) is 5.60 Å². The minimum Gasteiger partial charge on any atom is -0.467 e. The van der Waals surface area contributed by atoms with Crippen LogP contribution in [0.5, 0.6) is 0 Å². The number of hydrogen-bond acceptors (Lipinski definition) is 3. The van der Waals surface area contributed by atoms with Crippen LogP contribution >= 0.6 is 0 Å². The molecular formula is C20H36O3. The molecule has 1 unspecified atom stereocenters. The molecule has 3 heteroatoms. The van der Waals surface area contributed by atoms with Gasteiger partial charge in [0, 0.05) is 0 Å². The van der Waals surface area contributed by atoms with E-state index in [-0.39, 0.29) is 5.97 Å². The second kappa shape index (κ2) is 12.6. The first-order chi connectivity index (χ1) is 11.2. The fourth-order valence-corrected chi connectivity index (χ4v) is 2.94. The molecule has 0 aromatic rings. The Kier molecular flexibility index (Phi) is 11.1. The number of carbonyl (C=O) groups is 1. The number of epoxide rings is 1. The van der Waals surface area contributed by atoms with E-state index in [0.717, 1.165) is 12.8 Å². The van der Waals surface area contributed by atoms with Crippen molar-refractivity contribution in [3.05, 3.63) is 12.2 Å². The van der Waals surface area contributed by atoms with Crippen LogP contribution in [0.1, 0.15) is 90.4 Å². The Labute approximate surface area is 142 Å². The first-order valence-electron chi connectivity index (χ1n) is 9.62. The number of methoxy groups -OCH3 is 1. The van der Waals surface area contributed by atoms with Gasteiger partial charge in [-0.05, 0) is 38.5 Å². The van der Waals surface area contributed by atoms with E-state index in [1.165, 1.54) is 77.7 Å². The van der Waals surface area contributed by atoms with Crippen molar-refractivity contribution in [2.24, 2.45) is 0 Å². The zero-order valence-corrected chi connectivity index (χ0v) is 15.3. The number of ether oxygens (including phenoxy) is 2. The maximum absolute atomic E-state index is 11.5. The normalized spacial score (nSPS) is 20.1. The average molecular weight is 325 g/mol. The summed E-state index contributed by atoms with van der Waals surface area (Å²) in [7, 11) is 1.43. The molecule has 1 heterocycles. The zero-order chi connectivity index (χ0) is 16.8. The molecule has 0 saturated carbocycles. The number of carbonyl (C=O) groups excluding carboxylic acids is 1. The van der Waals surface area contributed by atoms with E-state index in [2.05, 4.69) is 19.1 Å². The van der Waals surface area contributed by atoms with Gasteiger partial charge in [-0.3, -0.25) is 0 Å². The van der Waals surface area contributed by atoms with Crippen molar-refractivity contribution in [3.63, 3.8) is 0 Å². The van der Waals surface area contributed by atoms with Gasteiger partial charge in [0.1, 0.15) is 0 Å². The predicted octanol–water partition coefficient (Wildman–Crippen LogP) is 5.58. The summed E-state index contributed by atoms with van der Waals surface area (Å²) in [6, 6.07) is 0. The Morgan fingerprint density at radius 3 is 2.00 bits per heavy atom. The molecule has 0 bridgehead atoms. The second-order valence-electron chi connectivity index (χ2n) is 6.76. The van der Waals surface area contributed by atoms with Crippen LogP contribution in [0.3, 0.4) is 0 Å². The lowest BCUT2D eigenvalue weighted by Gasteiger charge is -2.08. The first kappa shape index (κ1) is 20.2. The predicted molar refractivity (Wildman–Crippen MR) is 95.5 cm³/mol. The molecule has 3 nitrogen and oxygen atoms in total. The number of rotatable bonds is 15. The molecule has 134 valence electrons. The molecular weight excluding hydrogens is 288 g/mol. The van der Waals surface area contributed by atoms with Crippen LogP contribution in [0.2, 0.25) is 0 Å². The molecule has 1 aliphatic heterocycles. The smallest absolute Gasteiger partial charge is 0.340 e. The third-order valence-electron chi connectivity index (χ3n) is 4.64. The monoisotopic (exact) mass is 324 g/mol. The van der Waals surface area contributed by atoms with Crippen LogP contribution in [0, 0.1) is 0 Å². The van der Waals surface area contributed by atoms with E-state index < -0.39 is 5.60 Å². The molecule has 0 radical (unpaired) electrons. The maximum atomic E-state index is 11.5. The molecule has 0 amide bonds. The van der Waals surface area contributed by atoms with E-state index in [0.29, 0.717) is 6.61 Å². The van der Waals surface area contributed by atoms with Gasteiger partial charge in [-0.1, -0.05) is 64.0 Å². The van der Waals surface area contributed by atoms with Gasteiger partial charge in [-0.25, -0.2) is 4.79 Å². The van der Waals surface area contributed by atoms with Crippen molar-refractivity contribution in [1.82, 2.24) is 0 Å². The van der Waals surface area contributed by atoms with E-state index >= 15 is 0 Å². The number of hydrogen-bond donors (Lipinski definition) is 0. The van der Waals surface area contributed by atoms with Crippen LogP contribution in [0.15, 0.2) is 12.2 Å². The third-order valence-corrected chi connectivity index (χ3v) is 4.64. The maximum Gasteiger partial charge on any atom is 0.340 e. The largest absolute Gasteiger partial charge is 0.467 e.